The topological polar surface area (TPSA) is 114 Å². The van der Waals surface area contributed by atoms with E-state index in [0.717, 1.165) is 19.3 Å². The molecule has 2 saturated carbocycles. The van der Waals surface area contributed by atoms with Gasteiger partial charge in [0.05, 0.1) is 30.2 Å². The van der Waals surface area contributed by atoms with Gasteiger partial charge in [0.25, 0.3) is 0 Å². The number of nitrogens with one attached hydrogen (secondary N) is 1. The van der Waals surface area contributed by atoms with Gasteiger partial charge in [-0.15, -0.1) is 0 Å². The molecule has 4 fully saturated rings. The molecule has 2 aliphatic heterocycles. The molecule has 0 amide bonds. The standard InChI is InChI=1S/C24H28N4O2/c1-21(2,3)16-6-7-24-18(10-16)23(13-27,20(28)30-24)22(11-25,12-26)19(29-24)17-9-14-4-5-15(17)8-14/h4-5,14-19,28H,6-10H2,1-3H3. The molecule has 30 heavy (non-hydrogen) atoms. The first-order chi connectivity index (χ1) is 14.2. The molecule has 0 aromatic heterocycles. The average Bonchev–Trinajstić information content (AvgIpc) is 3.38. The fourth-order valence-electron chi connectivity index (χ4n) is 7.23. The van der Waals surface area contributed by atoms with E-state index in [-0.39, 0.29) is 23.1 Å². The van der Waals surface area contributed by atoms with Gasteiger partial charge >= 0.3 is 0 Å². The first kappa shape index (κ1) is 19.6. The number of hydrogen-bond donors (Lipinski definition) is 1. The van der Waals surface area contributed by atoms with Gasteiger partial charge in [-0.05, 0) is 54.8 Å². The number of nitriles is 3. The monoisotopic (exact) mass is 404 g/mol. The minimum absolute atomic E-state index is 0.000287. The van der Waals surface area contributed by atoms with Crippen LogP contribution in [0.5, 0.6) is 0 Å². The Morgan fingerprint density at radius 1 is 1.07 bits per heavy atom. The lowest BCUT2D eigenvalue weighted by molar-refractivity contribution is -0.309. The van der Waals surface area contributed by atoms with Gasteiger partial charge in [0.2, 0.25) is 11.7 Å². The highest BCUT2D eigenvalue weighted by Gasteiger charge is 2.81. The quantitative estimate of drug-likeness (QED) is 0.654. The van der Waals surface area contributed by atoms with Crippen LogP contribution >= 0.6 is 0 Å². The SMILES string of the molecule is CC(C)(C)C1CCC23OC(=N)C(C#N)(C2C1)C(C#N)(C#N)C(C1CC2C=CC1C2)O3. The number of nitrogens with zero attached hydrogens (tertiary/aromatic N) is 3. The second-order valence-corrected chi connectivity index (χ2v) is 11.1. The van der Waals surface area contributed by atoms with Gasteiger partial charge in [0.1, 0.15) is 0 Å². The zero-order valence-corrected chi connectivity index (χ0v) is 17.8. The van der Waals surface area contributed by atoms with Crippen molar-refractivity contribution in [2.24, 2.45) is 45.8 Å². The largest absolute Gasteiger partial charge is 0.447 e. The minimum atomic E-state index is -1.74. The maximum atomic E-state index is 10.5. The van der Waals surface area contributed by atoms with E-state index < -0.39 is 28.6 Å². The summed E-state index contributed by atoms with van der Waals surface area (Å²) in [6, 6.07) is 6.79. The smallest absolute Gasteiger partial charge is 0.217 e. The summed E-state index contributed by atoms with van der Waals surface area (Å²) < 4.78 is 12.7. The summed E-state index contributed by atoms with van der Waals surface area (Å²) in [5, 5.41) is 40.1. The maximum absolute atomic E-state index is 10.5. The molecule has 2 saturated heterocycles. The first-order valence-electron chi connectivity index (χ1n) is 11.1. The third-order valence-corrected chi connectivity index (χ3v) is 8.90. The molecule has 1 N–H and O–H groups in total. The minimum Gasteiger partial charge on any atom is -0.447 e. The van der Waals surface area contributed by atoms with Crippen molar-refractivity contribution in [1.82, 2.24) is 0 Å². The summed E-state index contributed by atoms with van der Waals surface area (Å²) in [6.45, 7) is 6.54. The number of ether oxygens (including phenoxy) is 2. The molecule has 0 aromatic carbocycles. The van der Waals surface area contributed by atoms with Crippen molar-refractivity contribution in [2.75, 3.05) is 0 Å². The Labute approximate surface area is 178 Å². The Morgan fingerprint density at radius 2 is 1.80 bits per heavy atom. The van der Waals surface area contributed by atoms with Gasteiger partial charge in [-0.3, -0.25) is 5.41 Å². The number of hydrogen-bond acceptors (Lipinski definition) is 6. The number of allylic oxidation sites excluding steroid dienone is 2. The lowest BCUT2D eigenvalue weighted by Gasteiger charge is -2.55. The molecule has 4 bridgehead atoms. The Morgan fingerprint density at radius 3 is 2.33 bits per heavy atom. The molecule has 6 nitrogen and oxygen atoms in total. The van der Waals surface area contributed by atoms with Crippen LogP contribution in [-0.2, 0) is 9.47 Å². The second kappa shape index (κ2) is 5.87. The highest BCUT2D eigenvalue weighted by atomic mass is 16.7. The van der Waals surface area contributed by atoms with Crippen LogP contribution in [0.15, 0.2) is 12.2 Å². The van der Waals surface area contributed by atoms with E-state index in [4.69, 9.17) is 14.9 Å². The van der Waals surface area contributed by atoms with Crippen LogP contribution in [0.4, 0.5) is 0 Å². The summed E-state index contributed by atoms with van der Waals surface area (Å²) in [7, 11) is 0. The van der Waals surface area contributed by atoms with Gasteiger partial charge in [0, 0.05) is 6.42 Å². The Kier molecular flexibility index (Phi) is 3.83. The number of rotatable bonds is 1. The molecule has 0 radical (unpaired) electrons. The second-order valence-electron chi connectivity index (χ2n) is 11.1. The van der Waals surface area contributed by atoms with Crippen LogP contribution < -0.4 is 0 Å². The summed E-state index contributed by atoms with van der Waals surface area (Å²) in [5.74, 6) is -0.787. The first-order valence-corrected chi connectivity index (χ1v) is 11.1. The molecule has 0 spiro atoms. The van der Waals surface area contributed by atoms with E-state index in [1.807, 2.05) is 0 Å². The van der Waals surface area contributed by atoms with Crippen molar-refractivity contribution < 1.29 is 9.47 Å². The lowest BCUT2D eigenvalue weighted by atomic mass is 9.48. The van der Waals surface area contributed by atoms with Crippen LogP contribution in [0, 0.1) is 85.2 Å². The molecular formula is C24H28N4O2. The van der Waals surface area contributed by atoms with Crippen molar-refractivity contribution in [3.8, 4) is 18.2 Å². The molecule has 156 valence electrons. The van der Waals surface area contributed by atoms with Gasteiger partial charge < -0.3 is 9.47 Å². The fraction of sp³-hybridized carbons (Fsp3) is 0.750. The van der Waals surface area contributed by atoms with Crippen molar-refractivity contribution in [3.63, 3.8) is 0 Å². The van der Waals surface area contributed by atoms with Crippen molar-refractivity contribution >= 4 is 5.90 Å². The van der Waals surface area contributed by atoms with E-state index in [0.29, 0.717) is 24.7 Å². The van der Waals surface area contributed by atoms with Gasteiger partial charge in [0.15, 0.2) is 10.8 Å². The molecule has 5 rings (SSSR count). The summed E-state index contributed by atoms with van der Waals surface area (Å²) in [4.78, 5) is 0. The van der Waals surface area contributed by atoms with E-state index >= 15 is 0 Å². The number of fused-ring (bicyclic) bond motifs is 2. The zero-order valence-electron chi connectivity index (χ0n) is 17.8. The Balaban J connectivity index is 1.67. The molecule has 8 atom stereocenters. The predicted molar refractivity (Wildman–Crippen MR) is 107 cm³/mol. The molecule has 5 aliphatic rings. The highest BCUT2D eigenvalue weighted by Crippen LogP contribution is 2.69. The molecule has 8 unspecified atom stereocenters. The van der Waals surface area contributed by atoms with Crippen LogP contribution in [0.25, 0.3) is 0 Å². The zero-order chi connectivity index (χ0) is 21.5. The highest BCUT2D eigenvalue weighted by molar-refractivity contribution is 5.89. The third-order valence-electron chi connectivity index (χ3n) is 8.90. The average molecular weight is 405 g/mol. The Bertz CT molecular complexity index is 946. The van der Waals surface area contributed by atoms with Crippen molar-refractivity contribution in [3.05, 3.63) is 12.2 Å². The molecular weight excluding hydrogens is 376 g/mol. The molecule has 2 heterocycles. The van der Waals surface area contributed by atoms with E-state index in [9.17, 15) is 15.8 Å². The molecule has 6 heteroatoms. The molecule has 3 aliphatic carbocycles. The van der Waals surface area contributed by atoms with E-state index in [2.05, 4.69) is 51.1 Å². The predicted octanol–water partition coefficient (Wildman–Crippen LogP) is 4.31. The van der Waals surface area contributed by atoms with Gasteiger partial charge in [-0.1, -0.05) is 32.9 Å². The van der Waals surface area contributed by atoms with Gasteiger partial charge in [-0.2, -0.15) is 15.8 Å². The van der Waals surface area contributed by atoms with Crippen LogP contribution in [0.2, 0.25) is 0 Å². The normalized spacial score (nSPS) is 47.7. The van der Waals surface area contributed by atoms with Crippen molar-refractivity contribution in [1.29, 1.82) is 21.2 Å². The Hall–Kier alpha value is -2.36. The van der Waals surface area contributed by atoms with Crippen molar-refractivity contribution in [2.45, 2.75) is 64.8 Å². The summed E-state index contributed by atoms with van der Waals surface area (Å²) in [6.07, 6.45) is 7.62. The maximum Gasteiger partial charge on any atom is 0.217 e. The summed E-state index contributed by atoms with van der Waals surface area (Å²) >= 11 is 0. The molecule has 0 aromatic rings. The van der Waals surface area contributed by atoms with E-state index in [1.54, 1.807) is 0 Å². The van der Waals surface area contributed by atoms with Crippen LogP contribution in [0.3, 0.4) is 0 Å². The van der Waals surface area contributed by atoms with Gasteiger partial charge in [-0.25, -0.2) is 0 Å². The third kappa shape index (κ3) is 2.07. The summed E-state index contributed by atoms with van der Waals surface area (Å²) in [5.41, 5.74) is -3.31. The van der Waals surface area contributed by atoms with Crippen LogP contribution in [-0.4, -0.2) is 17.8 Å². The fourth-order valence-corrected chi connectivity index (χ4v) is 7.23. The van der Waals surface area contributed by atoms with E-state index in [1.165, 1.54) is 0 Å². The lowest BCUT2D eigenvalue weighted by Crippen LogP contribution is -2.66. The van der Waals surface area contributed by atoms with Crippen LogP contribution in [0.1, 0.15) is 52.9 Å².